The van der Waals surface area contributed by atoms with Gasteiger partial charge in [0.1, 0.15) is 5.69 Å². The molecular weight excluding hydrogens is 279 g/mol. The molecule has 1 rings (SSSR count). The van der Waals surface area contributed by atoms with Gasteiger partial charge in [-0.1, -0.05) is 0 Å². The molecule has 9 heteroatoms. The van der Waals surface area contributed by atoms with E-state index in [1.165, 1.54) is 6.92 Å². The van der Waals surface area contributed by atoms with E-state index in [1.807, 2.05) is 0 Å². The Morgan fingerprint density at radius 1 is 1.35 bits per heavy atom. The Morgan fingerprint density at radius 3 is 2.55 bits per heavy atom. The Balaban J connectivity index is 2.73. The molecule has 0 unspecified atom stereocenters. The van der Waals surface area contributed by atoms with Crippen molar-refractivity contribution in [3.8, 4) is 0 Å². The highest BCUT2D eigenvalue weighted by molar-refractivity contribution is 5.92. The second kappa shape index (κ2) is 6.31. The zero-order chi connectivity index (χ0) is 15.3. The zero-order valence-corrected chi connectivity index (χ0v) is 10.5. The molecule has 0 aliphatic heterocycles. The molecule has 1 aromatic rings. The third-order valence-electron chi connectivity index (χ3n) is 2.19. The molecule has 0 atom stereocenters. The van der Waals surface area contributed by atoms with Crippen molar-refractivity contribution >= 4 is 11.9 Å². The number of nitrogens with one attached hydrogen (secondary N) is 1. The number of rotatable bonds is 5. The highest BCUT2D eigenvalue weighted by atomic mass is 19.4. The lowest BCUT2D eigenvalue weighted by atomic mass is 10.3. The molecule has 0 fully saturated rings. The highest BCUT2D eigenvalue weighted by Crippen LogP contribution is 2.26. The second-order valence-electron chi connectivity index (χ2n) is 3.97. The molecule has 0 saturated heterocycles. The summed E-state index contributed by atoms with van der Waals surface area (Å²) in [7, 11) is 0. The fourth-order valence-electron chi connectivity index (χ4n) is 1.34. The fraction of sp³-hybridized carbons (Fsp3) is 0.455. The summed E-state index contributed by atoms with van der Waals surface area (Å²) in [4.78, 5) is 28.2. The number of aromatic nitrogens is 2. The molecule has 1 heterocycles. The van der Waals surface area contributed by atoms with Crippen molar-refractivity contribution in [1.29, 1.82) is 0 Å². The first kappa shape index (κ1) is 15.9. The van der Waals surface area contributed by atoms with E-state index in [2.05, 4.69) is 15.3 Å². The fourth-order valence-corrected chi connectivity index (χ4v) is 1.34. The Hall–Kier alpha value is -2.19. The van der Waals surface area contributed by atoms with E-state index in [9.17, 15) is 22.8 Å². The predicted molar refractivity (Wildman–Crippen MR) is 61.0 cm³/mol. The molecule has 20 heavy (non-hydrogen) atoms. The second-order valence-corrected chi connectivity index (χ2v) is 3.97. The number of carbonyl (C=O) groups is 2. The van der Waals surface area contributed by atoms with Crippen molar-refractivity contribution in [3.05, 3.63) is 23.3 Å². The van der Waals surface area contributed by atoms with Crippen LogP contribution in [0.2, 0.25) is 0 Å². The van der Waals surface area contributed by atoms with Gasteiger partial charge < -0.3 is 10.4 Å². The first-order valence-electron chi connectivity index (χ1n) is 5.63. The molecule has 2 N–H and O–H groups in total. The number of hydrogen-bond donors (Lipinski definition) is 2. The van der Waals surface area contributed by atoms with Gasteiger partial charge in [0.15, 0.2) is 0 Å². The summed E-state index contributed by atoms with van der Waals surface area (Å²) in [5.41, 5.74) is -0.386. The Bertz CT molecular complexity index is 517. The molecular formula is C11H12F3N3O3. The van der Waals surface area contributed by atoms with Gasteiger partial charge in [0.2, 0.25) is 5.82 Å². The van der Waals surface area contributed by atoms with Crippen LogP contribution in [0.3, 0.4) is 0 Å². The molecule has 0 aliphatic carbocycles. The van der Waals surface area contributed by atoms with Crippen LogP contribution in [0, 0.1) is 6.92 Å². The van der Waals surface area contributed by atoms with Gasteiger partial charge in [-0.15, -0.1) is 0 Å². The van der Waals surface area contributed by atoms with Crippen LogP contribution in [-0.2, 0) is 11.0 Å². The highest BCUT2D eigenvalue weighted by Gasteiger charge is 2.35. The molecule has 0 aliphatic rings. The van der Waals surface area contributed by atoms with Crippen LogP contribution in [0.15, 0.2) is 6.07 Å². The van der Waals surface area contributed by atoms with Gasteiger partial charge in [-0.05, 0) is 19.4 Å². The zero-order valence-electron chi connectivity index (χ0n) is 10.5. The number of nitrogens with zero attached hydrogens (tertiary/aromatic N) is 2. The van der Waals surface area contributed by atoms with Gasteiger partial charge >= 0.3 is 12.1 Å². The van der Waals surface area contributed by atoms with Crippen LogP contribution >= 0.6 is 0 Å². The molecule has 6 nitrogen and oxygen atoms in total. The minimum Gasteiger partial charge on any atom is -0.481 e. The number of alkyl halides is 3. The maximum absolute atomic E-state index is 12.5. The maximum atomic E-state index is 12.5. The van der Waals surface area contributed by atoms with Crippen LogP contribution in [0.25, 0.3) is 0 Å². The first-order valence-corrected chi connectivity index (χ1v) is 5.63. The summed E-state index contributed by atoms with van der Waals surface area (Å²) in [5.74, 6) is -3.20. The Kier molecular flexibility index (Phi) is 5.00. The summed E-state index contributed by atoms with van der Waals surface area (Å²) < 4.78 is 37.5. The van der Waals surface area contributed by atoms with Crippen LogP contribution < -0.4 is 5.32 Å². The van der Waals surface area contributed by atoms with Crippen molar-refractivity contribution in [2.24, 2.45) is 0 Å². The van der Waals surface area contributed by atoms with Gasteiger partial charge in [-0.3, -0.25) is 9.59 Å². The molecule has 0 aromatic carbocycles. The molecule has 0 saturated carbocycles. The largest absolute Gasteiger partial charge is 0.481 e. The molecule has 0 spiro atoms. The van der Waals surface area contributed by atoms with E-state index in [-0.39, 0.29) is 25.1 Å². The summed E-state index contributed by atoms with van der Waals surface area (Å²) in [5, 5.41) is 10.7. The lowest BCUT2D eigenvalue weighted by Gasteiger charge is -2.08. The van der Waals surface area contributed by atoms with Gasteiger partial charge in [0.05, 0.1) is 0 Å². The maximum Gasteiger partial charge on any atom is 0.451 e. The smallest absolute Gasteiger partial charge is 0.451 e. The van der Waals surface area contributed by atoms with Crippen molar-refractivity contribution < 1.29 is 27.9 Å². The van der Waals surface area contributed by atoms with E-state index in [0.717, 1.165) is 6.07 Å². The van der Waals surface area contributed by atoms with Crippen molar-refractivity contribution in [1.82, 2.24) is 15.3 Å². The van der Waals surface area contributed by atoms with Crippen LogP contribution in [0.5, 0.6) is 0 Å². The number of amides is 1. The molecule has 0 bridgehead atoms. The minimum atomic E-state index is -4.73. The number of carboxylic acids is 1. The number of carbonyl (C=O) groups excluding carboxylic acids is 1. The molecule has 110 valence electrons. The van der Waals surface area contributed by atoms with E-state index >= 15 is 0 Å². The lowest BCUT2D eigenvalue weighted by Crippen LogP contribution is -2.27. The predicted octanol–water partition coefficient (Wildman–Crippen LogP) is 1.40. The quantitative estimate of drug-likeness (QED) is 0.800. The van der Waals surface area contributed by atoms with E-state index in [1.54, 1.807) is 0 Å². The van der Waals surface area contributed by atoms with E-state index in [4.69, 9.17) is 5.11 Å². The summed E-state index contributed by atoms with van der Waals surface area (Å²) in [6.45, 7) is 1.35. The molecule has 0 radical (unpaired) electrons. The average molecular weight is 291 g/mol. The van der Waals surface area contributed by atoms with Crippen molar-refractivity contribution in [2.75, 3.05) is 6.54 Å². The van der Waals surface area contributed by atoms with E-state index < -0.39 is 29.6 Å². The van der Waals surface area contributed by atoms with Gasteiger partial charge in [-0.25, -0.2) is 9.97 Å². The monoisotopic (exact) mass is 291 g/mol. The number of carboxylic acid groups (broad SMARTS) is 1. The normalized spacial score (nSPS) is 11.2. The third kappa shape index (κ3) is 4.82. The average Bonchev–Trinajstić information content (AvgIpc) is 2.32. The topological polar surface area (TPSA) is 92.2 Å². The minimum absolute atomic E-state index is 0.0167. The first-order chi connectivity index (χ1) is 9.20. The van der Waals surface area contributed by atoms with E-state index in [0.29, 0.717) is 0 Å². The molecule has 1 amide bonds. The number of hydrogen-bond acceptors (Lipinski definition) is 4. The van der Waals surface area contributed by atoms with Gasteiger partial charge in [0, 0.05) is 18.7 Å². The van der Waals surface area contributed by atoms with Crippen LogP contribution in [-0.4, -0.2) is 33.5 Å². The summed E-state index contributed by atoms with van der Waals surface area (Å²) in [6, 6.07) is 1.13. The third-order valence-corrected chi connectivity index (χ3v) is 2.19. The molecule has 1 aromatic heterocycles. The van der Waals surface area contributed by atoms with Gasteiger partial charge in [-0.2, -0.15) is 13.2 Å². The number of halogens is 3. The lowest BCUT2D eigenvalue weighted by molar-refractivity contribution is -0.145. The van der Waals surface area contributed by atoms with Crippen LogP contribution in [0.4, 0.5) is 13.2 Å². The van der Waals surface area contributed by atoms with Gasteiger partial charge in [0.25, 0.3) is 5.91 Å². The summed E-state index contributed by atoms with van der Waals surface area (Å²) >= 11 is 0. The van der Waals surface area contributed by atoms with Crippen LogP contribution in [0.1, 0.15) is 34.8 Å². The number of aliphatic carboxylic acids is 1. The summed E-state index contributed by atoms with van der Waals surface area (Å²) in [6.07, 6.45) is -4.70. The standard InChI is InChI=1S/C11H12F3N3O3/c1-6-5-7(17-10(16-6)11(12,13)14)9(20)15-4-2-3-8(18)19/h5H,2-4H2,1H3,(H,15,20)(H,18,19). The van der Waals surface area contributed by atoms with Crippen molar-refractivity contribution in [3.63, 3.8) is 0 Å². The number of aryl methyl sites for hydroxylation is 1. The Labute approximate surface area is 112 Å². The van der Waals surface area contributed by atoms with Crippen molar-refractivity contribution in [2.45, 2.75) is 25.9 Å². The Morgan fingerprint density at radius 2 is 2.00 bits per heavy atom. The SMILES string of the molecule is Cc1cc(C(=O)NCCCC(=O)O)nc(C(F)(F)F)n1.